The molecule has 3 rings (SSSR count). The van der Waals surface area contributed by atoms with Gasteiger partial charge in [-0.25, -0.2) is 0 Å². The molecule has 1 aliphatic rings. The van der Waals surface area contributed by atoms with Crippen LogP contribution in [-0.4, -0.2) is 12.7 Å². The highest BCUT2D eigenvalue weighted by Gasteiger charge is 2.14. The smallest absolute Gasteiger partial charge is 0.0768 e. The summed E-state index contributed by atoms with van der Waals surface area (Å²) < 4.78 is 0. The van der Waals surface area contributed by atoms with E-state index in [-0.39, 0.29) is 0 Å². The molecule has 2 nitrogen and oxygen atoms in total. The van der Waals surface area contributed by atoms with Gasteiger partial charge in [0, 0.05) is 21.0 Å². The SMILES string of the molecule is Clc1ccc(-c2cc(NC3CCCN3)cs2)cc1. The van der Waals surface area contributed by atoms with Crippen LogP contribution in [0, 0.1) is 0 Å². The lowest BCUT2D eigenvalue weighted by Gasteiger charge is -2.11. The Balaban J connectivity index is 1.74. The van der Waals surface area contributed by atoms with Crippen molar-refractivity contribution in [1.82, 2.24) is 5.32 Å². The molecular formula is C14H15ClN2S. The van der Waals surface area contributed by atoms with Crippen LogP contribution >= 0.6 is 22.9 Å². The fourth-order valence-electron chi connectivity index (χ4n) is 2.19. The van der Waals surface area contributed by atoms with E-state index in [0.29, 0.717) is 6.17 Å². The van der Waals surface area contributed by atoms with Gasteiger partial charge in [-0.05, 0) is 43.1 Å². The van der Waals surface area contributed by atoms with E-state index in [1.54, 1.807) is 11.3 Å². The van der Waals surface area contributed by atoms with Gasteiger partial charge in [0.1, 0.15) is 0 Å². The van der Waals surface area contributed by atoms with Crippen molar-refractivity contribution in [2.45, 2.75) is 19.0 Å². The van der Waals surface area contributed by atoms with Crippen LogP contribution in [-0.2, 0) is 0 Å². The molecule has 0 spiro atoms. The summed E-state index contributed by atoms with van der Waals surface area (Å²) in [4.78, 5) is 1.27. The Kier molecular flexibility index (Phi) is 3.55. The van der Waals surface area contributed by atoms with Gasteiger partial charge in [0.15, 0.2) is 0 Å². The topological polar surface area (TPSA) is 24.1 Å². The summed E-state index contributed by atoms with van der Waals surface area (Å²) in [5.74, 6) is 0. The molecule has 1 aromatic heterocycles. The fourth-order valence-corrected chi connectivity index (χ4v) is 3.17. The first kappa shape index (κ1) is 12.0. The third-order valence-electron chi connectivity index (χ3n) is 3.13. The van der Waals surface area contributed by atoms with Crippen molar-refractivity contribution in [3.63, 3.8) is 0 Å². The molecule has 1 fully saturated rings. The number of thiophene rings is 1. The Morgan fingerprint density at radius 1 is 1.28 bits per heavy atom. The van der Waals surface area contributed by atoms with Gasteiger partial charge in [-0.2, -0.15) is 0 Å². The predicted octanol–water partition coefficient (Wildman–Crippen LogP) is 4.19. The highest BCUT2D eigenvalue weighted by Crippen LogP contribution is 2.31. The number of rotatable bonds is 3. The lowest BCUT2D eigenvalue weighted by Crippen LogP contribution is -2.29. The Labute approximate surface area is 116 Å². The summed E-state index contributed by atoms with van der Waals surface area (Å²) in [5.41, 5.74) is 2.42. The van der Waals surface area contributed by atoms with Crippen molar-refractivity contribution < 1.29 is 0 Å². The summed E-state index contributed by atoms with van der Waals surface area (Å²) in [5, 5.41) is 9.91. The van der Waals surface area contributed by atoms with Crippen molar-refractivity contribution in [3.8, 4) is 10.4 Å². The summed E-state index contributed by atoms with van der Waals surface area (Å²) in [7, 11) is 0. The van der Waals surface area contributed by atoms with E-state index in [0.717, 1.165) is 11.6 Å². The second-order valence-electron chi connectivity index (χ2n) is 4.50. The molecule has 0 aliphatic carbocycles. The number of nitrogens with one attached hydrogen (secondary N) is 2. The number of anilines is 1. The summed E-state index contributed by atoms with van der Waals surface area (Å²) in [6.07, 6.45) is 2.88. The Bertz CT molecular complexity index is 515. The normalized spacial score (nSPS) is 19.1. The maximum absolute atomic E-state index is 5.90. The molecular weight excluding hydrogens is 264 g/mol. The van der Waals surface area contributed by atoms with Crippen LogP contribution in [0.1, 0.15) is 12.8 Å². The van der Waals surface area contributed by atoms with E-state index in [9.17, 15) is 0 Å². The molecule has 0 bridgehead atoms. The standard InChI is InChI=1S/C14H15ClN2S/c15-11-5-3-10(4-6-11)13-8-12(9-18-13)17-14-2-1-7-16-14/h3-6,8-9,14,16-17H,1-2,7H2. The number of halogens is 1. The zero-order valence-corrected chi connectivity index (χ0v) is 11.5. The largest absolute Gasteiger partial charge is 0.369 e. The van der Waals surface area contributed by atoms with Crippen LogP contribution < -0.4 is 10.6 Å². The first-order valence-corrected chi connectivity index (χ1v) is 7.41. The number of hydrogen-bond acceptors (Lipinski definition) is 3. The molecule has 2 aromatic rings. The highest BCUT2D eigenvalue weighted by molar-refractivity contribution is 7.14. The second kappa shape index (κ2) is 5.31. The molecule has 0 saturated carbocycles. The Morgan fingerprint density at radius 3 is 2.83 bits per heavy atom. The van der Waals surface area contributed by atoms with Crippen molar-refractivity contribution in [3.05, 3.63) is 40.7 Å². The van der Waals surface area contributed by atoms with Gasteiger partial charge >= 0.3 is 0 Å². The van der Waals surface area contributed by atoms with E-state index >= 15 is 0 Å². The molecule has 1 atom stereocenters. The van der Waals surface area contributed by atoms with E-state index in [1.807, 2.05) is 12.1 Å². The van der Waals surface area contributed by atoms with Gasteiger partial charge in [-0.15, -0.1) is 11.3 Å². The molecule has 1 unspecified atom stereocenters. The predicted molar refractivity (Wildman–Crippen MR) is 79.4 cm³/mol. The molecule has 0 radical (unpaired) electrons. The monoisotopic (exact) mass is 278 g/mol. The molecule has 4 heteroatoms. The molecule has 1 aromatic carbocycles. The highest BCUT2D eigenvalue weighted by atomic mass is 35.5. The average Bonchev–Trinajstić information content (AvgIpc) is 3.02. The van der Waals surface area contributed by atoms with Crippen molar-refractivity contribution in [1.29, 1.82) is 0 Å². The maximum atomic E-state index is 5.90. The van der Waals surface area contributed by atoms with Crippen LogP contribution in [0.25, 0.3) is 10.4 Å². The van der Waals surface area contributed by atoms with Crippen LogP contribution in [0.15, 0.2) is 35.7 Å². The first-order chi connectivity index (χ1) is 8.81. The number of benzene rings is 1. The van der Waals surface area contributed by atoms with Gasteiger partial charge in [0.05, 0.1) is 6.17 Å². The van der Waals surface area contributed by atoms with Gasteiger partial charge < -0.3 is 5.32 Å². The van der Waals surface area contributed by atoms with Crippen LogP contribution in [0.4, 0.5) is 5.69 Å². The Morgan fingerprint density at radius 2 is 2.11 bits per heavy atom. The second-order valence-corrected chi connectivity index (χ2v) is 5.85. The minimum atomic E-state index is 0.428. The quantitative estimate of drug-likeness (QED) is 0.880. The van der Waals surface area contributed by atoms with Gasteiger partial charge in [0.2, 0.25) is 0 Å². The molecule has 2 heterocycles. The van der Waals surface area contributed by atoms with Gasteiger partial charge in [-0.1, -0.05) is 23.7 Å². The van der Waals surface area contributed by atoms with Crippen LogP contribution in [0.5, 0.6) is 0 Å². The van der Waals surface area contributed by atoms with Gasteiger partial charge in [0.25, 0.3) is 0 Å². The first-order valence-electron chi connectivity index (χ1n) is 6.16. The fraction of sp³-hybridized carbons (Fsp3) is 0.286. The molecule has 94 valence electrons. The third kappa shape index (κ3) is 2.69. The molecule has 0 amide bonds. The van der Waals surface area contributed by atoms with Crippen molar-refractivity contribution in [2.24, 2.45) is 0 Å². The van der Waals surface area contributed by atoms with Crippen LogP contribution in [0.2, 0.25) is 5.02 Å². The maximum Gasteiger partial charge on any atom is 0.0768 e. The summed E-state index contributed by atoms with van der Waals surface area (Å²) in [6.45, 7) is 1.12. The lowest BCUT2D eigenvalue weighted by molar-refractivity contribution is 0.680. The average molecular weight is 279 g/mol. The minimum Gasteiger partial charge on any atom is -0.369 e. The van der Waals surface area contributed by atoms with E-state index in [2.05, 4.69) is 34.2 Å². The van der Waals surface area contributed by atoms with Crippen molar-refractivity contribution >= 4 is 28.6 Å². The summed E-state index contributed by atoms with van der Waals surface area (Å²) >= 11 is 7.66. The Hall–Kier alpha value is -1.03. The van der Waals surface area contributed by atoms with Gasteiger partial charge in [-0.3, -0.25) is 5.32 Å². The number of hydrogen-bond donors (Lipinski definition) is 2. The molecule has 2 N–H and O–H groups in total. The third-order valence-corrected chi connectivity index (χ3v) is 4.36. The molecule has 1 aliphatic heterocycles. The zero-order chi connectivity index (χ0) is 12.4. The molecule has 1 saturated heterocycles. The van der Waals surface area contributed by atoms with E-state index in [1.165, 1.54) is 29.0 Å². The van der Waals surface area contributed by atoms with Crippen LogP contribution in [0.3, 0.4) is 0 Å². The van der Waals surface area contributed by atoms with Crippen molar-refractivity contribution in [2.75, 3.05) is 11.9 Å². The zero-order valence-electron chi connectivity index (χ0n) is 9.95. The lowest BCUT2D eigenvalue weighted by atomic mass is 10.2. The minimum absolute atomic E-state index is 0.428. The van der Waals surface area contributed by atoms with E-state index < -0.39 is 0 Å². The summed E-state index contributed by atoms with van der Waals surface area (Å²) in [6, 6.07) is 10.2. The molecule has 18 heavy (non-hydrogen) atoms. The van der Waals surface area contributed by atoms with E-state index in [4.69, 9.17) is 11.6 Å².